The molecule has 1 aliphatic heterocycles. The second kappa shape index (κ2) is 9.17. The van der Waals surface area contributed by atoms with Gasteiger partial charge in [0.15, 0.2) is 0 Å². The summed E-state index contributed by atoms with van der Waals surface area (Å²) in [5, 5.41) is 10.9. The standard InChI is InChI=1S/C23H31NO/c25-23(20-22-13-6-2-7-14-22)15-18-24(19-16-23)17-9-3-8-12-21-10-4-1-5-11-21/h1-2,4-7,10-11,13-14,25H,3,8-9,12,15-20H2. The third-order valence-electron chi connectivity index (χ3n) is 5.45. The van der Waals surface area contributed by atoms with Crippen LogP contribution in [0.2, 0.25) is 0 Å². The zero-order valence-electron chi connectivity index (χ0n) is 15.2. The SMILES string of the molecule is OC1(Cc2ccccc2)CCN(CCCCCc2ccccc2)CC1. The van der Waals surface area contributed by atoms with Crippen molar-refractivity contribution in [2.75, 3.05) is 19.6 Å². The van der Waals surface area contributed by atoms with Crippen LogP contribution in [0.1, 0.15) is 43.2 Å². The van der Waals surface area contributed by atoms with E-state index < -0.39 is 5.60 Å². The molecule has 3 rings (SSSR count). The Bertz CT molecular complexity index is 603. The van der Waals surface area contributed by atoms with Crippen molar-refractivity contribution in [1.29, 1.82) is 0 Å². The van der Waals surface area contributed by atoms with E-state index in [1.54, 1.807) is 0 Å². The van der Waals surface area contributed by atoms with Crippen LogP contribution in [-0.2, 0) is 12.8 Å². The molecule has 2 aromatic carbocycles. The summed E-state index contributed by atoms with van der Waals surface area (Å²) in [4.78, 5) is 2.53. The van der Waals surface area contributed by atoms with Crippen LogP contribution < -0.4 is 0 Å². The van der Waals surface area contributed by atoms with Crippen molar-refractivity contribution < 1.29 is 5.11 Å². The van der Waals surface area contributed by atoms with Crippen molar-refractivity contribution in [3.8, 4) is 0 Å². The van der Waals surface area contributed by atoms with Crippen molar-refractivity contribution >= 4 is 0 Å². The van der Waals surface area contributed by atoms with Crippen LogP contribution in [0.3, 0.4) is 0 Å². The molecule has 1 saturated heterocycles. The van der Waals surface area contributed by atoms with E-state index in [2.05, 4.69) is 59.5 Å². The lowest BCUT2D eigenvalue weighted by Gasteiger charge is -2.38. The Morgan fingerprint density at radius 2 is 1.36 bits per heavy atom. The zero-order chi connectivity index (χ0) is 17.4. The van der Waals surface area contributed by atoms with Crippen LogP contribution in [0.15, 0.2) is 60.7 Å². The summed E-state index contributed by atoms with van der Waals surface area (Å²) in [7, 11) is 0. The summed E-state index contributed by atoms with van der Waals surface area (Å²) < 4.78 is 0. The van der Waals surface area contributed by atoms with Gasteiger partial charge in [0.2, 0.25) is 0 Å². The number of rotatable bonds is 8. The van der Waals surface area contributed by atoms with Crippen LogP contribution >= 0.6 is 0 Å². The van der Waals surface area contributed by atoms with Gasteiger partial charge in [0.1, 0.15) is 0 Å². The molecule has 2 nitrogen and oxygen atoms in total. The molecule has 1 heterocycles. The maximum absolute atomic E-state index is 10.9. The maximum atomic E-state index is 10.9. The molecule has 0 atom stereocenters. The van der Waals surface area contributed by atoms with Gasteiger partial charge in [-0.25, -0.2) is 0 Å². The van der Waals surface area contributed by atoms with Crippen molar-refractivity contribution in [3.63, 3.8) is 0 Å². The Morgan fingerprint density at radius 1 is 0.760 bits per heavy atom. The van der Waals surface area contributed by atoms with E-state index in [1.165, 1.54) is 43.4 Å². The van der Waals surface area contributed by atoms with E-state index in [4.69, 9.17) is 0 Å². The van der Waals surface area contributed by atoms with E-state index in [0.717, 1.165) is 32.4 Å². The highest BCUT2D eigenvalue weighted by molar-refractivity contribution is 5.17. The van der Waals surface area contributed by atoms with Gasteiger partial charge in [-0.15, -0.1) is 0 Å². The number of hydrogen-bond acceptors (Lipinski definition) is 2. The molecule has 1 N–H and O–H groups in total. The van der Waals surface area contributed by atoms with Crippen molar-refractivity contribution in [2.24, 2.45) is 0 Å². The molecular weight excluding hydrogens is 306 g/mol. The third kappa shape index (κ3) is 5.98. The lowest BCUT2D eigenvalue weighted by molar-refractivity contribution is -0.0208. The highest BCUT2D eigenvalue weighted by Gasteiger charge is 2.31. The predicted octanol–water partition coefficient (Wildman–Crippen LogP) is 4.47. The zero-order valence-corrected chi connectivity index (χ0v) is 15.2. The fraction of sp³-hybridized carbons (Fsp3) is 0.478. The Morgan fingerprint density at radius 3 is 2.00 bits per heavy atom. The molecule has 0 saturated carbocycles. The molecule has 0 unspecified atom stereocenters. The van der Waals surface area contributed by atoms with E-state index in [9.17, 15) is 5.11 Å². The average molecular weight is 338 g/mol. The van der Waals surface area contributed by atoms with Gasteiger partial charge in [-0.3, -0.25) is 0 Å². The van der Waals surface area contributed by atoms with Crippen LogP contribution in [0.5, 0.6) is 0 Å². The summed E-state index contributed by atoms with van der Waals surface area (Å²) in [5.41, 5.74) is 2.19. The molecule has 2 aromatic rings. The minimum Gasteiger partial charge on any atom is -0.389 e. The van der Waals surface area contributed by atoms with Gasteiger partial charge in [-0.2, -0.15) is 0 Å². The number of piperidine rings is 1. The first-order chi connectivity index (χ1) is 12.2. The van der Waals surface area contributed by atoms with Crippen LogP contribution in [0.25, 0.3) is 0 Å². The van der Waals surface area contributed by atoms with E-state index in [0.29, 0.717) is 0 Å². The molecule has 0 radical (unpaired) electrons. The molecule has 1 fully saturated rings. The highest BCUT2D eigenvalue weighted by atomic mass is 16.3. The Labute approximate surface area is 152 Å². The Balaban J connectivity index is 1.31. The number of aliphatic hydroxyl groups is 1. The van der Waals surface area contributed by atoms with Gasteiger partial charge in [-0.1, -0.05) is 67.1 Å². The smallest absolute Gasteiger partial charge is 0.0712 e. The molecule has 2 heteroatoms. The normalized spacial score (nSPS) is 17.5. The van der Waals surface area contributed by atoms with E-state index in [1.807, 2.05) is 6.07 Å². The minimum atomic E-state index is -0.509. The molecule has 0 aromatic heterocycles. The first kappa shape index (κ1) is 18.2. The fourth-order valence-electron chi connectivity index (χ4n) is 3.83. The summed E-state index contributed by atoms with van der Waals surface area (Å²) in [6.45, 7) is 3.24. The number of benzene rings is 2. The third-order valence-corrected chi connectivity index (χ3v) is 5.45. The Hall–Kier alpha value is -1.64. The number of nitrogens with zero attached hydrogens (tertiary/aromatic N) is 1. The van der Waals surface area contributed by atoms with Gasteiger partial charge < -0.3 is 10.0 Å². The van der Waals surface area contributed by atoms with Gasteiger partial charge >= 0.3 is 0 Å². The molecule has 25 heavy (non-hydrogen) atoms. The van der Waals surface area contributed by atoms with Crippen LogP contribution in [-0.4, -0.2) is 35.2 Å². The van der Waals surface area contributed by atoms with Gasteiger partial charge in [0.05, 0.1) is 5.60 Å². The topological polar surface area (TPSA) is 23.5 Å². The molecule has 0 bridgehead atoms. The van der Waals surface area contributed by atoms with Gasteiger partial charge in [0, 0.05) is 19.5 Å². The van der Waals surface area contributed by atoms with Crippen LogP contribution in [0.4, 0.5) is 0 Å². The molecule has 0 aliphatic carbocycles. The van der Waals surface area contributed by atoms with Crippen molar-refractivity contribution in [1.82, 2.24) is 4.90 Å². The lowest BCUT2D eigenvalue weighted by atomic mass is 9.85. The first-order valence-electron chi connectivity index (χ1n) is 9.76. The first-order valence-corrected chi connectivity index (χ1v) is 9.76. The van der Waals surface area contributed by atoms with Gasteiger partial charge in [-0.05, 0) is 49.8 Å². The number of likely N-dealkylation sites (tertiary alicyclic amines) is 1. The molecule has 0 spiro atoms. The number of aryl methyl sites for hydroxylation is 1. The molecule has 0 amide bonds. The summed E-state index contributed by atoms with van der Waals surface area (Å²) in [6.07, 6.45) is 7.60. The monoisotopic (exact) mass is 337 g/mol. The Kier molecular flexibility index (Phi) is 6.66. The summed E-state index contributed by atoms with van der Waals surface area (Å²) in [5.74, 6) is 0. The number of hydrogen-bond donors (Lipinski definition) is 1. The molecule has 1 aliphatic rings. The van der Waals surface area contributed by atoms with E-state index >= 15 is 0 Å². The largest absolute Gasteiger partial charge is 0.389 e. The minimum absolute atomic E-state index is 0.509. The van der Waals surface area contributed by atoms with Crippen molar-refractivity contribution in [3.05, 3.63) is 71.8 Å². The average Bonchev–Trinajstić information content (AvgIpc) is 2.65. The lowest BCUT2D eigenvalue weighted by Crippen LogP contribution is -2.45. The summed E-state index contributed by atoms with van der Waals surface area (Å²) >= 11 is 0. The fourth-order valence-corrected chi connectivity index (χ4v) is 3.83. The highest BCUT2D eigenvalue weighted by Crippen LogP contribution is 2.26. The quantitative estimate of drug-likeness (QED) is 0.719. The second-order valence-electron chi connectivity index (χ2n) is 7.52. The van der Waals surface area contributed by atoms with Gasteiger partial charge in [0.25, 0.3) is 0 Å². The second-order valence-corrected chi connectivity index (χ2v) is 7.52. The number of unbranched alkanes of at least 4 members (excludes halogenated alkanes) is 2. The molecule has 134 valence electrons. The molecular formula is C23H31NO. The van der Waals surface area contributed by atoms with E-state index in [-0.39, 0.29) is 0 Å². The predicted molar refractivity (Wildman–Crippen MR) is 105 cm³/mol. The van der Waals surface area contributed by atoms with Crippen molar-refractivity contribution in [2.45, 2.75) is 50.5 Å². The maximum Gasteiger partial charge on any atom is 0.0712 e. The van der Waals surface area contributed by atoms with Crippen LogP contribution in [0, 0.1) is 0 Å². The summed E-state index contributed by atoms with van der Waals surface area (Å²) in [6, 6.07) is 21.2.